The second-order valence-corrected chi connectivity index (χ2v) is 5.96. The fourth-order valence-electron chi connectivity index (χ4n) is 2.21. The van der Waals surface area contributed by atoms with Gasteiger partial charge in [0.15, 0.2) is 0 Å². The number of hydrogen-bond donors (Lipinski definition) is 3. The molecule has 0 aromatic heterocycles. The van der Waals surface area contributed by atoms with E-state index in [0.717, 1.165) is 12.0 Å². The number of carboxylic acids is 1. The van der Waals surface area contributed by atoms with Crippen LogP contribution in [0.1, 0.15) is 40.0 Å². The molecule has 1 saturated carbocycles. The molecule has 1 aliphatic rings. The third-order valence-corrected chi connectivity index (χ3v) is 3.02. The van der Waals surface area contributed by atoms with Crippen molar-refractivity contribution in [2.75, 3.05) is 6.61 Å². The number of nitrogens with one attached hydrogen (secondary N) is 1. The molecule has 2 atom stereocenters. The Kier molecular flexibility index (Phi) is 5.56. The van der Waals surface area contributed by atoms with E-state index in [-0.39, 0.29) is 6.61 Å². The Balaban J connectivity index is 2.67. The van der Waals surface area contributed by atoms with E-state index in [1.807, 2.05) is 0 Å². The summed E-state index contributed by atoms with van der Waals surface area (Å²) in [6.45, 7) is 4.94. The number of carbonyl (C=O) groups excluding carboxylic acids is 1. The molecular weight excluding hydrogens is 262 g/mol. The van der Waals surface area contributed by atoms with Crippen molar-refractivity contribution in [3.05, 3.63) is 11.6 Å². The Bertz CT molecular complexity index is 397. The van der Waals surface area contributed by atoms with Crippen LogP contribution in [0.5, 0.6) is 0 Å². The predicted octanol–water partition coefficient (Wildman–Crippen LogP) is 1.68. The highest BCUT2D eigenvalue weighted by Gasteiger charge is 2.28. The molecule has 0 aromatic rings. The summed E-state index contributed by atoms with van der Waals surface area (Å²) in [5.74, 6) is -1.37. The number of rotatable bonds is 4. The van der Waals surface area contributed by atoms with Crippen LogP contribution in [0.4, 0.5) is 4.79 Å². The van der Waals surface area contributed by atoms with Crippen LogP contribution >= 0.6 is 0 Å². The molecule has 1 aliphatic carbocycles. The maximum Gasteiger partial charge on any atom is 0.408 e. The molecule has 1 fully saturated rings. The van der Waals surface area contributed by atoms with Crippen LogP contribution in [0.3, 0.4) is 0 Å². The van der Waals surface area contributed by atoms with Gasteiger partial charge in [-0.25, -0.2) is 4.79 Å². The first kappa shape index (κ1) is 16.5. The molecule has 3 N–H and O–H groups in total. The normalized spacial score (nSPS) is 22.6. The van der Waals surface area contributed by atoms with Gasteiger partial charge in [-0.3, -0.25) is 4.79 Å². The number of alkyl carbamates (subject to hydrolysis) is 1. The van der Waals surface area contributed by atoms with Crippen molar-refractivity contribution in [2.45, 2.75) is 51.7 Å². The second-order valence-electron chi connectivity index (χ2n) is 5.96. The molecular formula is C14H23NO5. The van der Waals surface area contributed by atoms with Gasteiger partial charge in [0, 0.05) is 0 Å². The fourth-order valence-corrected chi connectivity index (χ4v) is 2.21. The van der Waals surface area contributed by atoms with Crippen LogP contribution in [-0.2, 0) is 9.53 Å². The predicted molar refractivity (Wildman–Crippen MR) is 73.3 cm³/mol. The molecule has 0 heterocycles. The van der Waals surface area contributed by atoms with E-state index in [4.69, 9.17) is 9.84 Å². The smallest absolute Gasteiger partial charge is 0.408 e. The lowest BCUT2D eigenvalue weighted by Crippen LogP contribution is -2.40. The molecule has 114 valence electrons. The van der Waals surface area contributed by atoms with E-state index in [2.05, 4.69) is 5.32 Å². The number of aliphatic hydroxyl groups is 1. The summed E-state index contributed by atoms with van der Waals surface area (Å²) in [5.41, 5.74) is 0.140. The van der Waals surface area contributed by atoms with E-state index < -0.39 is 29.6 Å². The van der Waals surface area contributed by atoms with Crippen LogP contribution in [0.15, 0.2) is 11.6 Å². The van der Waals surface area contributed by atoms with Gasteiger partial charge < -0.3 is 20.3 Å². The molecule has 1 amide bonds. The second kappa shape index (κ2) is 6.74. The molecule has 0 aromatic carbocycles. The van der Waals surface area contributed by atoms with Crippen LogP contribution < -0.4 is 5.32 Å². The summed E-state index contributed by atoms with van der Waals surface area (Å²) >= 11 is 0. The molecule has 0 aliphatic heterocycles. The monoisotopic (exact) mass is 285 g/mol. The van der Waals surface area contributed by atoms with Crippen molar-refractivity contribution >= 4 is 12.1 Å². The Morgan fingerprint density at radius 1 is 1.50 bits per heavy atom. The van der Waals surface area contributed by atoms with E-state index in [9.17, 15) is 14.7 Å². The summed E-state index contributed by atoms with van der Waals surface area (Å²) in [4.78, 5) is 22.7. The number of amides is 1. The summed E-state index contributed by atoms with van der Waals surface area (Å²) in [7, 11) is 0. The number of hydrogen-bond acceptors (Lipinski definition) is 4. The Morgan fingerprint density at radius 2 is 2.15 bits per heavy atom. The molecule has 20 heavy (non-hydrogen) atoms. The zero-order valence-corrected chi connectivity index (χ0v) is 12.2. The Labute approximate surface area is 118 Å². The van der Waals surface area contributed by atoms with Gasteiger partial charge in [-0.05, 0) is 40.0 Å². The average Bonchev–Trinajstić information content (AvgIpc) is 2.73. The number of carbonyl (C=O) groups is 2. The molecule has 6 nitrogen and oxygen atoms in total. The minimum absolute atomic E-state index is 0.297. The summed E-state index contributed by atoms with van der Waals surface area (Å²) in [6, 6.07) is -0.625. The van der Waals surface area contributed by atoms with E-state index in [1.165, 1.54) is 0 Å². The van der Waals surface area contributed by atoms with Crippen LogP contribution in [0.2, 0.25) is 0 Å². The highest BCUT2D eigenvalue weighted by molar-refractivity contribution is 5.74. The zero-order valence-electron chi connectivity index (χ0n) is 12.2. The van der Waals surface area contributed by atoms with Gasteiger partial charge >= 0.3 is 12.1 Å². The highest BCUT2D eigenvalue weighted by Crippen LogP contribution is 2.31. The lowest BCUT2D eigenvalue weighted by molar-refractivity contribution is -0.140. The number of carboxylic acid groups (broad SMARTS) is 1. The SMILES string of the molecule is CC(C)(C)OC(=O)N[C@H](C=C1CCC[C@H]1C(=O)O)CO. The summed E-state index contributed by atoms with van der Waals surface area (Å²) < 4.78 is 5.10. The van der Waals surface area contributed by atoms with Gasteiger partial charge in [-0.15, -0.1) is 0 Å². The molecule has 0 radical (unpaired) electrons. The first-order valence-electron chi connectivity index (χ1n) is 6.76. The zero-order chi connectivity index (χ0) is 15.3. The van der Waals surface area contributed by atoms with E-state index >= 15 is 0 Å². The maximum atomic E-state index is 11.6. The van der Waals surface area contributed by atoms with Gasteiger partial charge in [0.25, 0.3) is 0 Å². The van der Waals surface area contributed by atoms with Crippen molar-refractivity contribution in [2.24, 2.45) is 5.92 Å². The van der Waals surface area contributed by atoms with Crippen molar-refractivity contribution < 1.29 is 24.5 Å². The van der Waals surface area contributed by atoms with Gasteiger partial charge in [0.05, 0.1) is 18.6 Å². The third-order valence-electron chi connectivity index (χ3n) is 3.02. The van der Waals surface area contributed by atoms with Gasteiger partial charge in [-0.1, -0.05) is 11.6 Å². The maximum absolute atomic E-state index is 11.6. The van der Waals surface area contributed by atoms with E-state index in [1.54, 1.807) is 26.8 Å². The molecule has 1 rings (SSSR count). The molecule has 0 bridgehead atoms. The number of aliphatic carboxylic acids is 1. The third kappa shape index (κ3) is 5.21. The quantitative estimate of drug-likeness (QED) is 0.683. The number of aliphatic hydroxyl groups excluding tert-OH is 1. The van der Waals surface area contributed by atoms with Crippen molar-refractivity contribution in [1.29, 1.82) is 0 Å². The molecule has 0 unspecified atom stereocenters. The van der Waals surface area contributed by atoms with Gasteiger partial charge in [0.1, 0.15) is 5.60 Å². The average molecular weight is 285 g/mol. The lowest BCUT2D eigenvalue weighted by atomic mass is 10.0. The topological polar surface area (TPSA) is 95.9 Å². The van der Waals surface area contributed by atoms with Crippen molar-refractivity contribution in [1.82, 2.24) is 5.32 Å². The first-order valence-corrected chi connectivity index (χ1v) is 6.76. The van der Waals surface area contributed by atoms with Crippen LogP contribution in [-0.4, -0.2) is 40.5 Å². The number of ether oxygens (including phenoxy) is 1. The standard InChI is InChI=1S/C14H23NO5/c1-14(2,3)20-13(19)15-10(8-16)7-9-5-4-6-11(9)12(17)18/h7,10-11,16H,4-6,8H2,1-3H3,(H,15,19)(H,17,18)/t10-,11-/m1/s1. The Hall–Kier alpha value is -1.56. The Morgan fingerprint density at radius 3 is 2.65 bits per heavy atom. The van der Waals surface area contributed by atoms with Gasteiger partial charge in [0.2, 0.25) is 0 Å². The minimum atomic E-state index is -0.859. The molecule has 0 saturated heterocycles. The largest absolute Gasteiger partial charge is 0.481 e. The highest BCUT2D eigenvalue weighted by atomic mass is 16.6. The van der Waals surface area contributed by atoms with Crippen molar-refractivity contribution in [3.63, 3.8) is 0 Å². The van der Waals surface area contributed by atoms with Crippen LogP contribution in [0, 0.1) is 5.92 Å². The molecule has 0 spiro atoms. The fraction of sp³-hybridized carbons (Fsp3) is 0.714. The lowest BCUT2D eigenvalue weighted by Gasteiger charge is -2.22. The van der Waals surface area contributed by atoms with Gasteiger partial charge in [-0.2, -0.15) is 0 Å². The molecule has 6 heteroatoms. The first-order chi connectivity index (χ1) is 9.23. The summed E-state index contributed by atoms with van der Waals surface area (Å²) in [5, 5.41) is 20.9. The van der Waals surface area contributed by atoms with Crippen LogP contribution in [0.25, 0.3) is 0 Å². The minimum Gasteiger partial charge on any atom is -0.481 e. The van der Waals surface area contributed by atoms with Crippen molar-refractivity contribution in [3.8, 4) is 0 Å². The van der Waals surface area contributed by atoms with E-state index in [0.29, 0.717) is 12.8 Å². The summed E-state index contributed by atoms with van der Waals surface area (Å²) in [6.07, 6.45) is 3.11.